The molecule has 7 heteroatoms. The molecular formula is C15H13BrN2O3S. The van der Waals surface area contributed by atoms with Gasteiger partial charge < -0.3 is 5.32 Å². The zero-order chi connectivity index (χ0) is 16.2. The molecule has 2 N–H and O–H groups in total. The number of carbonyl (C=O) groups excluding carboxylic acids is 1. The summed E-state index contributed by atoms with van der Waals surface area (Å²) in [6.07, 6.45) is 6.84. The fraction of sp³-hybridized carbons (Fsp3) is 0.267. The van der Waals surface area contributed by atoms with E-state index in [1.807, 2.05) is 0 Å². The Labute approximate surface area is 138 Å². The lowest BCUT2D eigenvalue weighted by Gasteiger charge is -2.12. The van der Waals surface area contributed by atoms with E-state index in [1.165, 1.54) is 6.07 Å². The first-order chi connectivity index (χ1) is 10.4. The maximum absolute atomic E-state index is 12.3. The maximum atomic E-state index is 12.3. The Hall–Kier alpha value is -1.80. The van der Waals surface area contributed by atoms with Gasteiger partial charge in [0.1, 0.15) is 0 Å². The smallest absolute Gasteiger partial charge is 0.242 e. The first-order valence-electron chi connectivity index (χ1n) is 6.49. The van der Waals surface area contributed by atoms with E-state index in [9.17, 15) is 13.2 Å². The van der Waals surface area contributed by atoms with E-state index in [-0.39, 0.29) is 17.3 Å². The van der Waals surface area contributed by atoms with E-state index in [1.54, 1.807) is 6.07 Å². The van der Waals surface area contributed by atoms with Crippen LogP contribution >= 0.6 is 15.9 Å². The minimum absolute atomic E-state index is 0.0518. The number of anilines is 1. The first kappa shape index (κ1) is 16.6. The molecule has 1 heterocycles. The van der Waals surface area contributed by atoms with Gasteiger partial charge in [-0.25, -0.2) is 8.42 Å². The van der Waals surface area contributed by atoms with Crippen molar-refractivity contribution in [2.24, 2.45) is 0 Å². The predicted molar refractivity (Wildman–Crippen MR) is 87.5 cm³/mol. The van der Waals surface area contributed by atoms with E-state index < -0.39 is 10.0 Å². The van der Waals surface area contributed by atoms with Gasteiger partial charge in [-0.05, 0) is 58.3 Å². The fourth-order valence-electron chi connectivity index (χ4n) is 2.08. The summed E-state index contributed by atoms with van der Waals surface area (Å²) in [5.74, 6) is 6.82. The summed E-state index contributed by atoms with van der Waals surface area (Å²) in [6, 6.07) is 3.18. The lowest BCUT2D eigenvalue weighted by atomic mass is 10.1. The van der Waals surface area contributed by atoms with Crippen LogP contribution in [0.25, 0.3) is 0 Å². The third kappa shape index (κ3) is 3.89. The topological polar surface area (TPSA) is 75.3 Å². The molecule has 0 aromatic heterocycles. The Morgan fingerprint density at radius 2 is 2.14 bits per heavy atom. The molecule has 0 spiro atoms. The van der Waals surface area contributed by atoms with Gasteiger partial charge in [-0.2, -0.15) is 4.72 Å². The van der Waals surface area contributed by atoms with Crippen LogP contribution in [0.15, 0.2) is 21.5 Å². The minimum Gasteiger partial charge on any atom is -0.326 e. The molecule has 5 nitrogen and oxygen atoms in total. The van der Waals surface area contributed by atoms with Crippen molar-refractivity contribution in [1.82, 2.24) is 4.72 Å². The summed E-state index contributed by atoms with van der Waals surface area (Å²) in [4.78, 5) is 11.7. The highest BCUT2D eigenvalue weighted by molar-refractivity contribution is 9.10. The van der Waals surface area contributed by atoms with E-state index in [4.69, 9.17) is 6.42 Å². The van der Waals surface area contributed by atoms with Crippen molar-refractivity contribution in [1.29, 1.82) is 0 Å². The highest BCUT2D eigenvalue weighted by atomic mass is 79.9. The molecule has 0 unspecified atom stereocenters. The summed E-state index contributed by atoms with van der Waals surface area (Å²) in [7, 11) is -3.75. The third-order valence-electron chi connectivity index (χ3n) is 3.08. The van der Waals surface area contributed by atoms with Crippen molar-refractivity contribution in [2.75, 3.05) is 11.9 Å². The van der Waals surface area contributed by atoms with Crippen molar-refractivity contribution < 1.29 is 13.2 Å². The maximum Gasteiger partial charge on any atom is 0.242 e. The summed E-state index contributed by atoms with van der Waals surface area (Å²) >= 11 is 3.27. The monoisotopic (exact) mass is 380 g/mol. The number of carbonyl (C=O) groups is 1. The van der Waals surface area contributed by atoms with E-state index in [0.717, 1.165) is 12.0 Å². The van der Waals surface area contributed by atoms with Gasteiger partial charge in [0.25, 0.3) is 0 Å². The van der Waals surface area contributed by atoms with Gasteiger partial charge in [-0.1, -0.05) is 5.92 Å². The largest absolute Gasteiger partial charge is 0.326 e. The molecule has 0 bridgehead atoms. The van der Waals surface area contributed by atoms with Crippen molar-refractivity contribution in [3.63, 3.8) is 0 Å². The van der Waals surface area contributed by atoms with Crippen molar-refractivity contribution in [2.45, 2.75) is 24.2 Å². The number of aryl methyl sites for hydroxylation is 1. The van der Waals surface area contributed by atoms with Crippen LogP contribution in [0.4, 0.5) is 5.69 Å². The Morgan fingerprint density at radius 1 is 1.36 bits per heavy atom. The molecule has 22 heavy (non-hydrogen) atoms. The van der Waals surface area contributed by atoms with Gasteiger partial charge in [0.2, 0.25) is 15.9 Å². The molecule has 1 amide bonds. The first-order valence-corrected chi connectivity index (χ1v) is 8.77. The molecular weight excluding hydrogens is 368 g/mol. The molecule has 0 aliphatic carbocycles. The number of fused-ring (bicyclic) bond motifs is 1. The molecule has 0 fully saturated rings. The standard InChI is InChI=1S/C15H13BrN2O3S/c1-2-3-4-8-17-22(20,21)14-10-13-11(9-12(14)16)6-5-7-15(19)18-13/h1,9-10,17H,5-8H2,(H,18,19). The number of hydrogen-bond donors (Lipinski definition) is 2. The normalized spacial score (nSPS) is 13.9. The summed E-state index contributed by atoms with van der Waals surface area (Å²) in [6.45, 7) is -0.0809. The van der Waals surface area contributed by atoms with Crippen LogP contribution in [0.5, 0.6) is 0 Å². The van der Waals surface area contributed by atoms with Crippen LogP contribution in [0.2, 0.25) is 0 Å². The van der Waals surface area contributed by atoms with E-state index >= 15 is 0 Å². The van der Waals surface area contributed by atoms with Gasteiger partial charge >= 0.3 is 0 Å². The summed E-state index contributed by atoms with van der Waals surface area (Å²) < 4.78 is 27.4. The van der Waals surface area contributed by atoms with Gasteiger partial charge in [0.05, 0.1) is 11.4 Å². The Bertz CT molecular complexity index is 814. The van der Waals surface area contributed by atoms with Crippen LogP contribution in [0, 0.1) is 24.2 Å². The number of amides is 1. The second kappa shape index (κ2) is 6.97. The summed E-state index contributed by atoms with van der Waals surface area (Å²) in [5, 5.41) is 2.73. The molecule has 0 atom stereocenters. The highest BCUT2D eigenvalue weighted by Crippen LogP contribution is 2.31. The number of hydrogen-bond acceptors (Lipinski definition) is 3. The van der Waals surface area contributed by atoms with E-state index in [0.29, 0.717) is 23.0 Å². The molecule has 0 saturated carbocycles. The average Bonchev–Trinajstić information content (AvgIpc) is 2.63. The number of rotatable bonds is 3. The fourth-order valence-corrected chi connectivity index (χ4v) is 4.12. The van der Waals surface area contributed by atoms with Crippen molar-refractivity contribution >= 4 is 37.5 Å². The Kier molecular flexibility index (Phi) is 5.25. The predicted octanol–water partition coefficient (Wildman–Crippen LogP) is 1.64. The molecule has 1 aromatic rings. The molecule has 0 radical (unpaired) electrons. The SMILES string of the molecule is C#CC#CCNS(=O)(=O)c1cc2c(cc1Br)CCCC(=O)N2. The van der Waals surface area contributed by atoms with Gasteiger partial charge in [-0.3, -0.25) is 4.79 Å². The zero-order valence-corrected chi connectivity index (χ0v) is 14.0. The summed E-state index contributed by atoms with van der Waals surface area (Å²) in [5.41, 5.74) is 1.43. The highest BCUT2D eigenvalue weighted by Gasteiger charge is 2.21. The van der Waals surface area contributed by atoms with Crippen LogP contribution in [-0.4, -0.2) is 20.9 Å². The lowest BCUT2D eigenvalue weighted by molar-refractivity contribution is -0.116. The average molecular weight is 381 g/mol. The minimum atomic E-state index is -3.75. The molecule has 2 rings (SSSR count). The van der Waals surface area contributed by atoms with Gasteiger partial charge in [-0.15, -0.1) is 6.42 Å². The van der Waals surface area contributed by atoms with Crippen molar-refractivity contribution in [3.8, 4) is 24.2 Å². The number of benzene rings is 1. The van der Waals surface area contributed by atoms with Gasteiger partial charge in [0, 0.05) is 16.6 Å². The quantitative estimate of drug-likeness (QED) is 0.782. The van der Waals surface area contributed by atoms with Crippen LogP contribution in [0.1, 0.15) is 18.4 Å². The number of halogens is 1. The molecule has 114 valence electrons. The number of sulfonamides is 1. The van der Waals surface area contributed by atoms with E-state index in [2.05, 4.69) is 43.7 Å². The Morgan fingerprint density at radius 3 is 2.86 bits per heavy atom. The van der Waals surface area contributed by atoms with Crippen LogP contribution < -0.4 is 10.0 Å². The number of terminal acetylenes is 1. The molecule has 1 aromatic carbocycles. The molecule has 1 aliphatic rings. The van der Waals surface area contributed by atoms with Crippen LogP contribution in [-0.2, 0) is 21.2 Å². The molecule has 0 saturated heterocycles. The second-order valence-electron chi connectivity index (χ2n) is 4.61. The van der Waals surface area contributed by atoms with Gasteiger partial charge in [0.15, 0.2) is 0 Å². The van der Waals surface area contributed by atoms with Crippen LogP contribution in [0.3, 0.4) is 0 Å². The number of nitrogens with one attached hydrogen (secondary N) is 2. The van der Waals surface area contributed by atoms with Crippen molar-refractivity contribution in [3.05, 3.63) is 22.2 Å². The Balaban J connectivity index is 2.35. The third-order valence-corrected chi connectivity index (χ3v) is 5.44. The molecule has 1 aliphatic heterocycles. The lowest BCUT2D eigenvalue weighted by Crippen LogP contribution is -2.24. The zero-order valence-electron chi connectivity index (χ0n) is 11.6. The second-order valence-corrected chi connectivity index (χ2v) is 7.20.